The van der Waals surface area contributed by atoms with E-state index in [1.807, 2.05) is 12.1 Å². The van der Waals surface area contributed by atoms with Gasteiger partial charge >= 0.3 is 0 Å². The number of ether oxygens (including phenoxy) is 2. The Hall–Kier alpha value is -3.70. The van der Waals surface area contributed by atoms with Gasteiger partial charge in [-0.3, -0.25) is 0 Å². The number of fused-ring (bicyclic) bond motifs is 1. The van der Waals surface area contributed by atoms with Crippen LogP contribution in [0.1, 0.15) is 51.2 Å². The molecule has 0 bridgehead atoms. The summed E-state index contributed by atoms with van der Waals surface area (Å²) in [6, 6.07) is 8.31. The van der Waals surface area contributed by atoms with Crippen molar-refractivity contribution in [1.82, 2.24) is 0 Å². The standard InChI is InChI=1S/C26H25N3O2/c1-4-17-12-22-16(3)11-24(31-25(22)13-23(17)29-5-2)21-8-6-7-20-19(18(14-27)15-28)9-10-30-26(20)21/h9-13,29H,4-8H2,1-3H3/b24-21+. The van der Waals surface area contributed by atoms with Crippen LogP contribution in [0.4, 0.5) is 5.69 Å². The minimum absolute atomic E-state index is 0.113. The van der Waals surface area contributed by atoms with Gasteiger partial charge in [-0.25, -0.2) is 0 Å². The molecule has 0 radical (unpaired) electrons. The number of hydrogen-bond acceptors (Lipinski definition) is 5. The summed E-state index contributed by atoms with van der Waals surface area (Å²) in [7, 11) is 0. The first-order valence-electron chi connectivity index (χ1n) is 10.7. The molecule has 3 aliphatic rings. The van der Waals surface area contributed by atoms with Crippen molar-refractivity contribution in [2.45, 2.75) is 46.5 Å². The van der Waals surface area contributed by atoms with Gasteiger partial charge in [-0.2, -0.15) is 10.5 Å². The number of aryl methyl sites for hydroxylation is 1. The fourth-order valence-corrected chi connectivity index (χ4v) is 4.37. The van der Waals surface area contributed by atoms with E-state index in [2.05, 4.69) is 44.3 Å². The largest absolute Gasteiger partial charge is 0.464 e. The molecule has 1 N–H and O–H groups in total. The number of nitrogens with one attached hydrogen (secondary N) is 1. The maximum atomic E-state index is 9.36. The number of nitriles is 2. The summed E-state index contributed by atoms with van der Waals surface area (Å²) in [4.78, 5) is 0. The molecule has 1 aliphatic carbocycles. The van der Waals surface area contributed by atoms with Gasteiger partial charge in [-0.05, 0) is 68.9 Å². The van der Waals surface area contributed by atoms with Crippen molar-refractivity contribution in [2.24, 2.45) is 0 Å². The smallest absolute Gasteiger partial charge is 0.137 e. The van der Waals surface area contributed by atoms with Gasteiger partial charge in [0.05, 0.1) is 6.26 Å². The second-order valence-corrected chi connectivity index (χ2v) is 7.76. The van der Waals surface area contributed by atoms with E-state index in [0.29, 0.717) is 11.3 Å². The Morgan fingerprint density at radius 3 is 2.61 bits per heavy atom. The summed E-state index contributed by atoms with van der Waals surface area (Å²) < 4.78 is 12.3. The number of hydrogen-bond donors (Lipinski definition) is 1. The Labute approximate surface area is 183 Å². The SMILES string of the molecule is CCNc1cc2c(cc1CC)C(C)=C/C(=C1/CCCC3=C1OC=CC3=C(C#N)C#N)O2. The van der Waals surface area contributed by atoms with Crippen molar-refractivity contribution < 1.29 is 9.47 Å². The summed E-state index contributed by atoms with van der Waals surface area (Å²) >= 11 is 0. The van der Waals surface area contributed by atoms with Crippen molar-refractivity contribution in [3.8, 4) is 17.9 Å². The van der Waals surface area contributed by atoms with Crippen molar-refractivity contribution in [1.29, 1.82) is 10.5 Å². The number of nitrogens with zero attached hydrogens (tertiary/aromatic N) is 2. The molecule has 0 unspecified atom stereocenters. The molecule has 0 saturated heterocycles. The highest BCUT2D eigenvalue weighted by Gasteiger charge is 2.29. The fourth-order valence-electron chi connectivity index (χ4n) is 4.37. The van der Waals surface area contributed by atoms with Gasteiger partial charge in [-0.15, -0.1) is 0 Å². The minimum Gasteiger partial charge on any atom is -0.464 e. The topological polar surface area (TPSA) is 78.1 Å². The third-order valence-corrected chi connectivity index (χ3v) is 5.88. The summed E-state index contributed by atoms with van der Waals surface area (Å²) in [6.07, 6.45) is 8.77. The minimum atomic E-state index is 0.113. The average Bonchev–Trinajstić information content (AvgIpc) is 2.79. The van der Waals surface area contributed by atoms with Crippen LogP contribution in [0.3, 0.4) is 0 Å². The van der Waals surface area contributed by atoms with Crippen LogP contribution in [0.25, 0.3) is 5.57 Å². The molecule has 0 fully saturated rings. The lowest BCUT2D eigenvalue weighted by atomic mass is 9.85. The van der Waals surface area contributed by atoms with Gasteiger partial charge in [0, 0.05) is 40.6 Å². The predicted octanol–water partition coefficient (Wildman–Crippen LogP) is 6.06. The number of anilines is 1. The zero-order chi connectivity index (χ0) is 22.0. The highest BCUT2D eigenvalue weighted by molar-refractivity contribution is 5.78. The molecule has 4 rings (SSSR count). The highest BCUT2D eigenvalue weighted by Crippen LogP contribution is 2.43. The van der Waals surface area contributed by atoms with Crippen molar-refractivity contribution in [3.05, 3.63) is 75.5 Å². The molecule has 2 aliphatic heterocycles. The number of benzene rings is 1. The number of allylic oxidation sites excluding steroid dienone is 7. The lowest BCUT2D eigenvalue weighted by molar-refractivity contribution is 0.328. The molecule has 5 nitrogen and oxygen atoms in total. The van der Waals surface area contributed by atoms with Gasteiger partial charge in [-0.1, -0.05) is 6.92 Å². The van der Waals surface area contributed by atoms with Gasteiger partial charge in [0.15, 0.2) is 0 Å². The van der Waals surface area contributed by atoms with E-state index in [-0.39, 0.29) is 5.57 Å². The molecular weight excluding hydrogens is 386 g/mol. The third kappa shape index (κ3) is 3.64. The van der Waals surface area contributed by atoms with Crippen molar-refractivity contribution >= 4 is 11.3 Å². The van der Waals surface area contributed by atoms with Crippen LogP contribution in [0.15, 0.2) is 64.4 Å². The van der Waals surface area contributed by atoms with E-state index in [1.165, 1.54) is 5.56 Å². The summed E-state index contributed by atoms with van der Waals surface area (Å²) in [5, 5.41) is 22.2. The fraction of sp³-hybridized carbons (Fsp3) is 0.308. The van der Waals surface area contributed by atoms with E-state index in [1.54, 1.807) is 12.3 Å². The Morgan fingerprint density at radius 2 is 1.90 bits per heavy atom. The quantitative estimate of drug-likeness (QED) is 0.612. The van der Waals surface area contributed by atoms with Crippen LogP contribution in [0, 0.1) is 22.7 Å². The molecular formula is C26H25N3O2. The highest BCUT2D eigenvalue weighted by atomic mass is 16.5. The molecule has 0 spiro atoms. The van der Waals surface area contributed by atoms with Crippen LogP contribution in [0.2, 0.25) is 0 Å². The van der Waals surface area contributed by atoms with E-state index in [9.17, 15) is 10.5 Å². The summed E-state index contributed by atoms with van der Waals surface area (Å²) in [5.74, 6) is 2.32. The Morgan fingerprint density at radius 1 is 1.13 bits per heavy atom. The molecule has 0 saturated carbocycles. The summed E-state index contributed by atoms with van der Waals surface area (Å²) in [5.41, 5.74) is 7.27. The van der Waals surface area contributed by atoms with Crippen LogP contribution >= 0.6 is 0 Å². The zero-order valence-corrected chi connectivity index (χ0v) is 18.1. The van der Waals surface area contributed by atoms with Gasteiger partial charge in [0.2, 0.25) is 0 Å². The first-order valence-corrected chi connectivity index (χ1v) is 10.7. The van der Waals surface area contributed by atoms with Crippen LogP contribution in [-0.2, 0) is 11.2 Å². The van der Waals surface area contributed by atoms with Gasteiger partial charge in [0.1, 0.15) is 35.0 Å². The van der Waals surface area contributed by atoms with E-state index >= 15 is 0 Å². The zero-order valence-electron chi connectivity index (χ0n) is 18.1. The first-order chi connectivity index (χ1) is 15.1. The van der Waals surface area contributed by atoms with Crippen molar-refractivity contribution in [2.75, 3.05) is 11.9 Å². The maximum absolute atomic E-state index is 9.36. The molecule has 1 aromatic rings. The predicted molar refractivity (Wildman–Crippen MR) is 121 cm³/mol. The molecule has 156 valence electrons. The lowest BCUT2D eigenvalue weighted by Crippen LogP contribution is -2.15. The molecule has 0 aromatic heterocycles. The normalized spacial score (nSPS) is 19.3. The lowest BCUT2D eigenvalue weighted by Gasteiger charge is -2.29. The third-order valence-electron chi connectivity index (χ3n) is 5.88. The Kier molecular flexibility index (Phi) is 5.69. The van der Waals surface area contributed by atoms with Crippen LogP contribution < -0.4 is 10.1 Å². The molecule has 0 amide bonds. The number of rotatable bonds is 3. The first kappa shape index (κ1) is 20.6. The van der Waals surface area contributed by atoms with Crippen LogP contribution in [-0.4, -0.2) is 6.54 Å². The second-order valence-electron chi connectivity index (χ2n) is 7.76. The van der Waals surface area contributed by atoms with Gasteiger partial charge in [0.25, 0.3) is 0 Å². The molecule has 5 heteroatoms. The monoisotopic (exact) mass is 411 g/mol. The van der Waals surface area contributed by atoms with E-state index in [0.717, 1.165) is 71.7 Å². The maximum Gasteiger partial charge on any atom is 0.137 e. The van der Waals surface area contributed by atoms with E-state index in [4.69, 9.17) is 9.47 Å². The second kappa shape index (κ2) is 8.58. The molecule has 2 heterocycles. The average molecular weight is 412 g/mol. The van der Waals surface area contributed by atoms with Crippen molar-refractivity contribution in [3.63, 3.8) is 0 Å². The van der Waals surface area contributed by atoms with Gasteiger partial charge < -0.3 is 14.8 Å². The van der Waals surface area contributed by atoms with E-state index < -0.39 is 0 Å². The molecule has 1 aromatic carbocycles. The Balaban J connectivity index is 1.84. The Bertz CT molecular complexity index is 1160. The molecule has 31 heavy (non-hydrogen) atoms. The molecule has 0 atom stereocenters. The van der Waals surface area contributed by atoms with Crippen LogP contribution in [0.5, 0.6) is 5.75 Å². The summed E-state index contributed by atoms with van der Waals surface area (Å²) in [6.45, 7) is 7.19.